The van der Waals surface area contributed by atoms with Gasteiger partial charge in [-0.2, -0.15) is 5.26 Å². The van der Waals surface area contributed by atoms with Crippen molar-refractivity contribution in [1.82, 2.24) is 4.72 Å². The van der Waals surface area contributed by atoms with Gasteiger partial charge in [0.15, 0.2) is 0 Å². The van der Waals surface area contributed by atoms with Crippen molar-refractivity contribution in [2.24, 2.45) is 0 Å². The van der Waals surface area contributed by atoms with Crippen LogP contribution in [0.4, 0.5) is 0 Å². The maximum absolute atomic E-state index is 12.2. The molecule has 4 nitrogen and oxygen atoms in total. The molecule has 0 aromatic heterocycles. The minimum atomic E-state index is -3.26. The molecule has 26 heavy (non-hydrogen) atoms. The zero-order valence-corrected chi connectivity index (χ0v) is 16.0. The molecule has 2 atom stereocenters. The predicted octanol–water partition coefficient (Wildman–Crippen LogP) is 4.19. The second kappa shape index (κ2) is 7.61. The van der Waals surface area contributed by atoms with Crippen molar-refractivity contribution in [2.45, 2.75) is 50.3 Å². The Morgan fingerprint density at radius 2 is 1.58 bits per heavy atom. The van der Waals surface area contributed by atoms with Gasteiger partial charge in [-0.05, 0) is 55.5 Å². The standard InChI is InChI=1S/C21H24N2O2S/c1-15(2)26(24,25)23-21-5-3-4-20(21)19-12-10-18(11-13-19)17-8-6-16(14-22)7-9-17/h6-13,15,20-21,23H,3-5H2,1-2H3/t20-,21+/m1/s1. The number of hydrogen-bond acceptors (Lipinski definition) is 3. The van der Waals surface area contributed by atoms with E-state index in [4.69, 9.17) is 5.26 Å². The molecule has 0 heterocycles. The molecule has 0 unspecified atom stereocenters. The lowest BCUT2D eigenvalue weighted by atomic mass is 9.92. The number of rotatable bonds is 5. The molecule has 0 aliphatic heterocycles. The molecular weight excluding hydrogens is 344 g/mol. The summed E-state index contributed by atoms with van der Waals surface area (Å²) in [7, 11) is -3.26. The summed E-state index contributed by atoms with van der Waals surface area (Å²) in [6.07, 6.45) is 2.92. The van der Waals surface area contributed by atoms with Gasteiger partial charge in [-0.15, -0.1) is 0 Å². The number of hydrogen-bond donors (Lipinski definition) is 1. The average Bonchev–Trinajstić information content (AvgIpc) is 3.09. The highest BCUT2D eigenvalue weighted by Crippen LogP contribution is 2.36. The van der Waals surface area contributed by atoms with Gasteiger partial charge in [-0.3, -0.25) is 0 Å². The fourth-order valence-electron chi connectivity index (χ4n) is 3.51. The normalized spacial score (nSPS) is 20.2. The average molecular weight is 369 g/mol. The molecule has 1 N–H and O–H groups in total. The van der Waals surface area contributed by atoms with Crippen molar-refractivity contribution < 1.29 is 8.42 Å². The minimum absolute atomic E-state index is 0.0248. The number of nitriles is 1. The van der Waals surface area contributed by atoms with Gasteiger partial charge in [0.2, 0.25) is 10.0 Å². The predicted molar refractivity (Wildman–Crippen MR) is 104 cm³/mol. The van der Waals surface area contributed by atoms with E-state index in [9.17, 15) is 8.42 Å². The second-order valence-corrected chi connectivity index (χ2v) is 9.44. The minimum Gasteiger partial charge on any atom is -0.212 e. The van der Waals surface area contributed by atoms with Crippen LogP contribution in [0.5, 0.6) is 0 Å². The largest absolute Gasteiger partial charge is 0.214 e. The molecule has 0 saturated heterocycles. The third kappa shape index (κ3) is 3.98. The van der Waals surface area contributed by atoms with Crippen LogP contribution in [0.1, 0.15) is 50.2 Å². The van der Waals surface area contributed by atoms with Gasteiger partial charge in [0.25, 0.3) is 0 Å². The molecule has 0 radical (unpaired) electrons. The smallest absolute Gasteiger partial charge is 0.212 e. The molecule has 1 aliphatic rings. The number of sulfonamides is 1. The summed E-state index contributed by atoms with van der Waals surface area (Å²) in [6.45, 7) is 3.41. The van der Waals surface area contributed by atoms with Gasteiger partial charge < -0.3 is 0 Å². The number of benzene rings is 2. The Morgan fingerprint density at radius 3 is 2.12 bits per heavy atom. The van der Waals surface area contributed by atoms with Crippen molar-refractivity contribution in [2.75, 3.05) is 0 Å². The Hall–Kier alpha value is -2.16. The Labute approximate surface area is 155 Å². The Kier molecular flexibility index (Phi) is 5.45. The van der Waals surface area contributed by atoms with Crippen molar-refractivity contribution in [3.63, 3.8) is 0 Å². The van der Waals surface area contributed by atoms with Crippen LogP contribution in [0.25, 0.3) is 11.1 Å². The summed E-state index contributed by atoms with van der Waals surface area (Å²) in [5, 5.41) is 8.48. The van der Waals surface area contributed by atoms with Crippen LogP contribution in [-0.4, -0.2) is 19.7 Å². The third-order valence-electron chi connectivity index (χ3n) is 5.14. The van der Waals surface area contributed by atoms with E-state index in [0.29, 0.717) is 5.56 Å². The number of nitrogens with one attached hydrogen (secondary N) is 1. The van der Waals surface area contributed by atoms with Gasteiger partial charge in [0.05, 0.1) is 16.9 Å². The summed E-state index contributed by atoms with van der Waals surface area (Å²) in [5.74, 6) is 0.221. The van der Waals surface area contributed by atoms with Crippen LogP contribution in [-0.2, 0) is 10.0 Å². The van der Waals surface area contributed by atoms with E-state index in [1.54, 1.807) is 13.8 Å². The molecule has 1 aliphatic carbocycles. The van der Waals surface area contributed by atoms with Crippen molar-refractivity contribution in [3.05, 3.63) is 59.7 Å². The van der Waals surface area contributed by atoms with E-state index >= 15 is 0 Å². The summed E-state index contributed by atoms with van der Waals surface area (Å²) >= 11 is 0. The van der Waals surface area contributed by atoms with E-state index in [1.807, 2.05) is 24.3 Å². The molecule has 1 saturated carbocycles. The zero-order chi connectivity index (χ0) is 18.7. The van der Waals surface area contributed by atoms with E-state index < -0.39 is 15.3 Å². The Balaban J connectivity index is 1.78. The van der Waals surface area contributed by atoms with Crippen LogP contribution < -0.4 is 4.72 Å². The summed E-state index contributed by atoms with van der Waals surface area (Å²) in [4.78, 5) is 0. The van der Waals surface area contributed by atoms with E-state index in [0.717, 1.165) is 30.4 Å². The Bertz CT molecular complexity index is 895. The lowest BCUT2D eigenvalue weighted by Crippen LogP contribution is -2.40. The van der Waals surface area contributed by atoms with Crippen LogP contribution in [0.2, 0.25) is 0 Å². The van der Waals surface area contributed by atoms with E-state index in [-0.39, 0.29) is 12.0 Å². The van der Waals surface area contributed by atoms with Gasteiger partial charge in [0, 0.05) is 12.0 Å². The monoisotopic (exact) mass is 368 g/mol. The molecule has 2 aromatic rings. The molecular formula is C21H24N2O2S. The first-order valence-corrected chi connectivity index (χ1v) is 10.6. The van der Waals surface area contributed by atoms with Crippen molar-refractivity contribution >= 4 is 10.0 Å². The zero-order valence-electron chi connectivity index (χ0n) is 15.1. The van der Waals surface area contributed by atoms with E-state index in [2.05, 4.69) is 35.1 Å². The summed E-state index contributed by atoms with van der Waals surface area (Å²) < 4.78 is 27.3. The second-order valence-electron chi connectivity index (χ2n) is 7.17. The Morgan fingerprint density at radius 1 is 1.00 bits per heavy atom. The van der Waals surface area contributed by atoms with Crippen LogP contribution >= 0.6 is 0 Å². The molecule has 3 rings (SSSR count). The first kappa shape index (κ1) is 18.6. The molecule has 0 amide bonds. The quantitative estimate of drug-likeness (QED) is 0.860. The molecule has 0 bridgehead atoms. The molecule has 2 aromatic carbocycles. The van der Waals surface area contributed by atoms with Gasteiger partial charge in [0.1, 0.15) is 0 Å². The molecule has 0 spiro atoms. The van der Waals surface area contributed by atoms with Gasteiger partial charge in [-0.25, -0.2) is 13.1 Å². The topological polar surface area (TPSA) is 70.0 Å². The first-order chi connectivity index (χ1) is 12.4. The van der Waals surface area contributed by atoms with Crippen molar-refractivity contribution in [1.29, 1.82) is 5.26 Å². The van der Waals surface area contributed by atoms with Gasteiger partial charge >= 0.3 is 0 Å². The molecule has 1 fully saturated rings. The highest BCUT2D eigenvalue weighted by Gasteiger charge is 2.32. The molecule has 136 valence electrons. The maximum atomic E-state index is 12.2. The number of nitrogens with zero attached hydrogens (tertiary/aromatic N) is 1. The fraction of sp³-hybridized carbons (Fsp3) is 0.381. The summed E-state index contributed by atoms with van der Waals surface area (Å²) in [5.41, 5.74) is 3.99. The SMILES string of the molecule is CC(C)S(=O)(=O)N[C@H]1CCC[C@@H]1c1ccc(-c2ccc(C#N)cc2)cc1. The van der Waals surface area contributed by atoms with Crippen LogP contribution in [0, 0.1) is 11.3 Å². The maximum Gasteiger partial charge on any atom is 0.214 e. The lowest BCUT2D eigenvalue weighted by molar-refractivity contribution is 0.519. The van der Waals surface area contributed by atoms with E-state index in [1.165, 1.54) is 5.56 Å². The summed E-state index contributed by atoms with van der Waals surface area (Å²) in [6, 6.07) is 18.0. The van der Waals surface area contributed by atoms with Crippen molar-refractivity contribution in [3.8, 4) is 17.2 Å². The first-order valence-electron chi connectivity index (χ1n) is 9.02. The molecule has 5 heteroatoms. The highest BCUT2D eigenvalue weighted by molar-refractivity contribution is 7.90. The van der Waals surface area contributed by atoms with Crippen LogP contribution in [0.3, 0.4) is 0 Å². The fourth-order valence-corrected chi connectivity index (χ4v) is 4.48. The third-order valence-corrected chi connectivity index (χ3v) is 7.01. The highest BCUT2D eigenvalue weighted by atomic mass is 32.2. The van der Waals surface area contributed by atoms with Crippen LogP contribution in [0.15, 0.2) is 48.5 Å². The lowest BCUT2D eigenvalue weighted by Gasteiger charge is -2.22. The van der Waals surface area contributed by atoms with Gasteiger partial charge in [-0.1, -0.05) is 42.8 Å².